The van der Waals surface area contributed by atoms with Gasteiger partial charge in [0.05, 0.1) is 23.6 Å². The number of esters is 1. The second-order valence-electron chi connectivity index (χ2n) is 11.6. The fraction of sp³-hybridized carbons (Fsp3) is 0.548. The molecule has 2 aromatic rings. The van der Waals surface area contributed by atoms with Crippen LogP contribution >= 0.6 is 23.2 Å². The van der Waals surface area contributed by atoms with Crippen LogP contribution in [0, 0.1) is 11.8 Å². The van der Waals surface area contributed by atoms with Crippen LogP contribution in [0.3, 0.4) is 0 Å². The van der Waals surface area contributed by atoms with E-state index < -0.39 is 0 Å². The number of piperidine rings is 1. The molecule has 6 nitrogen and oxygen atoms in total. The molecule has 2 aromatic carbocycles. The van der Waals surface area contributed by atoms with Crippen molar-refractivity contribution in [3.05, 3.63) is 63.6 Å². The van der Waals surface area contributed by atoms with Gasteiger partial charge >= 0.3 is 5.97 Å². The van der Waals surface area contributed by atoms with Gasteiger partial charge in [-0.15, -0.1) is 0 Å². The van der Waals surface area contributed by atoms with Crippen LogP contribution < -0.4 is 4.74 Å². The molecule has 1 heterocycles. The number of nitrogens with zero attached hydrogens (tertiary/aromatic N) is 2. The molecule has 1 aliphatic carbocycles. The highest BCUT2D eigenvalue weighted by Gasteiger charge is 2.54. The summed E-state index contributed by atoms with van der Waals surface area (Å²) in [6.45, 7) is 8.10. The first-order valence-corrected chi connectivity index (χ1v) is 14.5. The first-order chi connectivity index (χ1) is 18.5. The standard InChI is InChI=1S/C31H40Cl2N2O4/c1-20(2)18-35(30(37)14-22-9-10-27(32)28(33)13-22)24-16-29(39-21(3)36)26-19-34(4)12-11-31(26,17-24)23-7-6-8-25(15-23)38-5/h6-10,13,15,20,24,26,29H,11-12,14,16-19H2,1-5H3. The number of benzene rings is 2. The van der Waals surface area contributed by atoms with Crippen LogP contribution in [0.2, 0.25) is 10.0 Å². The van der Waals surface area contributed by atoms with Gasteiger partial charge in [0.2, 0.25) is 5.91 Å². The van der Waals surface area contributed by atoms with Crippen LogP contribution in [-0.4, -0.2) is 67.6 Å². The van der Waals surface area contributed by atoms with Crippen molar-refractivity contribution >= 4 is 35.1 Å². The molecule has 4 rings (SSSR count). The molecule has 2 aliphatic rings. The smallest absolute Gasteiger partial charge is 0.302 e. The summed E-state index contributed by atoms with van der Waals surface area (Å²) < 4.78 is 11.7. The minimum absolute atomic E-state index is 0.0424. The second-order valence-corrected chi connectivity index (χ2v) is 12.4. The van der Waals surface area contributed by atoms with Gasteiger partial charge in [0, 0.05) is 43.8 Å². The Morgan fingerprint density at radius 2 is 1.92 bits per heavy atom. The van der Waals surface area contributed by atoms with Gasteiger partial charge in [0.15, 0.2) is 0 Å². The van der Waals surface area contributed by atoms with E-state index in [1.54, 1.807) is 19.2 Å². The average molecular weight is 576 g/mol. The zero-order chi connectivity index (χ0) is 28.3. The molecule has 0 spiro atoms. The highest BCUT2D eigenvalue weighted by atomic mass is 35.5. The largest absolute Gasteiger partial charge is 0.497 e. The highest BCUT2D eigenvalue weighted by Crippen LogP contribution is 2.51. The lowest BCUT2D eigenvalue weighted by atomic mass is 9.56. The highest BCUT2D eigenvalue weighted by molar-refractivity contribution is 6.42. The number of hydrogen-bond acceptors (Lipinski definition) is 5. The lowest BCUT2D eigenvalue weighted by molar-refractivity contribution is -0.160. The summed E-state index contributed by atoms with van der Waals surface area (Å²) in [5.74, 6) is 0.944. The molecule has 39 heavy (non-hydrogen) atoms. The Kier molecular flexibility index (Phi) is 9.51. The predicted octanol–water partition coefficient (Wildman–Crippen LogP) is 6.01. The van der Waals surface area contributed by atoms with Crippen molar-refractivity contribution in [3.63, 3.8) is 0 Å². The molecule has 2 fully saturated rings. The molecule has 1 aliphatic heterocycles. The van der Waals surface area contributed by atoms with Gasteiger partial charge in [-0.25, -0.2) is 0 Å². The predicted molar refractivity (Wildman–Crippen MR) is 156 cm³/mol. The molecule has 0 radical (unpaired) electrons. The third kappa shape index (κ3) is 6.72. The summed E-state index contributed by atoms with van der Waals surface area (Å²) in [4.78, 5) is 30.6. The van der Waals surface area contributed by atoms with Crippen LogP contribution in [-0.2, 0) is 26.2 Å². The van der Waals surface area contributed by atoms with E-state index in [0.717, 1.165) is 37.2 Å². The number of carbonyl (C=O) groups is 2. The quantitative estimate of drug-likeness (QED) is 0.361. The molecule has 1 saturated carbocycles. The minimum atomic E-state index is -0.303. The lowest BCUT2D eigenvalue weighted by Gasteiger charge is -2.56. The van der Waals surface area contributed by atoms with E-state index in [2.05, 4.69) is 37.9 Å². The fourth-order valence-corrected chi connectivity index (χ4v) is 6.92. The maximum Gasteiger partial charge on any atom is 0.302 e. The Balaban J connectivity index is 1.75. The topological polar surface area (TPSA) is 59.1 Å². The molecule has 1 saturated heterocycles. The second kappa shape index (κ2) is 12.5. The summed E-state index contributed by atoms with van der Waals surface area (Å²) in [7, 11) is 3.80. The Labute approximate surface area is 242 Å². The van der Waals surface area contributed by atoms with E-state index in [9.17, 15) is 9.59 Å². The van der Waals surface area contributed by atoms with E-state index in [1.165, 1.54) is 12.5 Å². The number of fused-ring (bicyclic) bond motifs is 1. The Morgan fingerprint density at radius 1 is 1.15 bits per heavy atom. The number of hydrogen-bond donors (Lipinski definition) is 0. The normalized spacial score (nSPS) is 25.2. The summed E-state index contributed by atoms with van der Waals surface area (Å²) in [6, 6.07) is 13.5. The van der Waals surface area contributed by atoms with Gasteiger partial charge in [-0.2, -0.15) is 0 Å². The number of likely N-dealkylation sites (tertiary alicyclic amines) is 1. The maximum absolute atomic E-state index is 13.9. The summed E-state index contributed by atoms with van der Waals surface area (Å²) in [5, 5.41) is 0.910. The van der Waals surface area contributed by atoms with Crippen LogP contribution in [0.5, 0.6) is 5.75 Å². The first-order valence-electron chi connectivity index (χ1n) is 13.8. The van der Waals surface area contributed by atoms with Crippen molar-refractivity contribution in [3.8, 4) is 5.75 Å². The summed E-state index contributed by atoms with van der Waals surface area (Å²) in [6.07, 6.45) is 2.26. The molecule has 212 valence electrons. The monoisotopic (exact) mass is 574 g/mol. The van der Waals surface area contributed by atoms with Crippen molar-refractivity contribution in [2.45, 2.75) is 64.0 Å². The number of halogens is 2. The SMILES string of the molecule is COc1cccc(C23CCN(C)CC2C(OC(C)=O)CC(N(CC(C)C)C(=O)Cc2ccc(Cl)c(Cl)c2)C3)c1. The molecule has 0 N–H and O–H groups in total. The van der Waals surface area contributed by atoms with E-state index in [-0.39, 0.29) is 47.7 Å². The maximum atomic E-state index is 13.9. The third-order valence-electron chi connectivity index (χ3n) is 8.34. The molecule has 8 heteroatoms. The first kappa shape index (κ1) is 29.7. The van der Waals surface area contributed by atoms with Gasteiger partial charge in [-0.3, -0.25) is 9.59 Å². The molecule has 0 aromatic heterocycles. The molecule has 4 atom stereocenters. The van der Waals surface area contributed by atoms with Gasteiger partial charge in [0.25, 0.3) is 0 Å². The van der Waals surface area contributed by atoms with Crippen molar-refractivity contribution in [2.24, 2.45) is 11.8 Å². The van der Waals surface area contributed by atoms with Gasteiger partial charge < -0.3 is 19.3 Å². The Morgan fingerprint density at radius 3 is 2.59 bits per heavy atom. The van der Waals surface area contributed by atoms with E-state index in [4.69, 9.17) is 32.7 Å². The van der Waals surface area contributed by atoms with Crippen LogP contribution in [0.15, 0.2) is 42.5 Å². The zero-order valence-electron chi connectivity index (χ0n) is 23.6. The molecular weight excluding hydrogens is 535 g/mol. The third-order valence-corrected chi connectivity index (χ3v) is 9.07. The molecule has 4 unspecified atom stereocenters. The van der Waals surface area contributed by atoms with Crippen molar-refractivity contribution in [1.82, 2.24) is 9.80 Å². The van der Waals surface area contributed by atoms with Gasteiger partial charge in [-0.05, 0) is 67.7 Å². The van der Waals surface area contributed by atoms with E-state index >= 15 is 0 Å². The average Bonchev–Trinajstić information content (AvgIpc) is 2.89. The van der Waals surface area contributed by atoms with Crippen molar-refractivity contribution < 1.29 is 19.1 Å². The van der Waals surface area contributed by atoms with E-state index in [0.29, 0.717) is 23.0 Å². The summed E-state index contributed by atoms with van der Waals surface area (Å²) >= 11 is 12.4. The number of ether oxygens (including phenoxy) is 2. The summed E-state index contributed by atoms with van der Waals surface area (Å²) in [5.41, 5.74) is 1.75. The molecule has 1 amide bonds. The number of rotatable bonds is 8. The molecule has 0 bridgehead atoms. The van der Waals surface area contributed by atoms with Gasteiger partial charge in [0.1, 0.15) is 11.9 Å². The molecular formula is C31H40Cl2N2O4. The Hall–Kier alpha value is -2.28. The zero-order valence-corrected chi connectivity index (χ0v) is 25.1. The number of carbonyl (C=O) groups excluding carboxylic acids is 2. The van der Waals surface area contributed by atoms with Crippen LogP contribution in [0.25, 0.3) is 0 Å². The van der Waals surface area contributed by atoms with Crippen molar-refractivity contribution in [2.75, 3.05) is 33.8 Å². The Bertz CT molecular complexity index is 1190. The van der Waals surface area contributed by atoms with Crippen LogP contribution in [0.1, 0.15) is 51.2 Å². The van der Waals surface area contributed by atoms with Crippen molar-refractivity contribution in [1.29, 1.82) is 0 Å². The van der Waals surface area contributed by atoms with E-state index in [1.807, 2.05) is 23.1 Å². The lowest BCUT2D eigenvalue weighted by Crippen LogP contribution is -2.62. The number of amides is 1. The minimum Gasteiger partial charge on any atom is -0.497 e. The number of methoxy groups -OCH3 is 1. The van der Waals surface area contributed by atoms with Crippen LogP contribution in [0.4, 0.5) is 0 Å². The fourth-order valence-electron chi connectivity index (χ4n) is 6.60. The van der Waals surface area contributed by atoms with Gasteiger partial charge in [-0.1, -0.05) is 55.2 Å².